The fraction of sp³-hybridized carbons (Fsp3) is 0.0612. The summed E-state index contributed by atoms with van der Waals surface area (Å²) in [6, 6.07) is 58.3. The van der Waals surface area contributed by atoms with E-state index in [0.29, 0.717) is 0 Å². The third-order valence-corrected chi connectivity index (χ3v) is 11.4. The minimum absolute atomic E-state index is 0.143. The summed E-state index contributed by atoms with van der Waals surface area (Å²) >= 11 is 0. The van der Waals surface area contributed by atoms with Gasteiger partial charge in [0.1, 0.15) is 11.2 Å². The SMILES string of the molecule is CC1(C)c2ccc(-c3c4ccccc4c(-c4ccc5ccccc5c4)c4ccccc34)cc2-c2cc3ccc4c5ccccc5oc4c3cc21. The summed E-state index contributed by atoms with van der Waals surface area (Å²) in [6.45, 7) is 4.73. The van der Waals surface area contributed by atoms with Crippen LogP contribution in [0.15, 0.2) is 162 Å². The van der Waals surface area contributed by atoms with Gasteiger partial charge in [0.15, 0.2) is 0 Å². The van der Waals surface area contributed by atoms with Gasteiger partial charge in [0.2, 0.25) is 0 Å². The van der Waals surface area contributed by atoms with E-state index in [1.165, 1.54) is 98.4 Å². The van der Waals surface area contributed by atoms with Gasteiger partial charge in [-0.05, 0) is 119 Å². The van der Waals surface area contributed by atoms with Crippen molar-refractivity contribution in [3.05, 3.63) is 169 Å². The lowest BCUT2D eigenvalue weighted by Crippen LogP contribution is -2.14. The van der Waals surface area contributed by atoms with E-state index in [4.69, 9.17) is 4.42 Å². The molecular weight excluding hydrogens is 605 g/mol. The quantitative estimate of drug-likeness (QED) is 0.172. The first-order valence-corrected chi connectivity index (χ1v) is 17.5. The third kappa shape index (κ3) is 3.72. The van der Waals surface area contributed by atoms with Crippen molar-refractivity contribution in [3.63, 3.8) is 0 Å². The van der Waals surface area contributed by atoms with Gasteiger partial charge in [0.25, 0.3) is 0 Å². The minimum atomic E-state index is -0.143. The second kappa shape index (κ2) is 9.94. The lowest BCUT2D eigenvalue weighted by Gasteiger charge is -2.22. The van der Waals surface area contributed by atoms with Crippen LogP contribution in [0.4, 0.5) is 0 Å². The highest BCUT2D eigenvalue weighted by atomic mass is 16.3. The molecule has 1 nitrogen and oxygen atoms in total. The smallest absolute Gasteiger partial charge is 0.143 e. The van der Waals surface area contributed by atoms with E-state index < -0.39 is 0 Å². The van der Waals surface area contributed by atoms with Crippen LogP contribution in [0.2, 0.25) is 0 Å². The zero-order chi connectivity index (χ0) is 33.1. The molecule has 0 N–H and O–H groups in total. The number of hydrogen-bond donors (Lipinski definition) is 0. The molecule has 1 heteroatoms. The molecule has 0 fully saturated rings. The maximum atomic E-state index is 6.49. The van der Waals surface area contributed by atoms with E-state index in [1.54, 1.807) is 0 Å². The van der Waals surface area contributed by atoms with Crippen molar-refractivity contribution in [2.45, 2.75) is 19.3 Å². The maximum Gasteiger partial charge on any atom is 0.143 e. The Morgan fingerprint density at radius 1 is 0.380 bits per heavy atom. The van der Waals surface area contributed by atoms with Crippen LogP contribution in [0.25, 0.3) is 98.4 Å². The lowest BCUT2D eigenvalue weighted by molar-refractivity contribution is 0.660. The van der Waals surface area contributed by atoms with Crippen molar-refractivity contribution in [1.29, 1.82) is 0 Å². The standard InChI is InChI=1S/C49H32O/c1-49(2)43-24-22-33(27-41(43)42-26-31-21-23-39-34-13-9-10-18-45(34)50-48(39)40(31)28-44(42)49)47-37-16-7-5-14-35(37)46(36-15-6-8-17-38(36)47)32-20-19-29-11-3-4-12-30(29)25-32/h3-28H,1-2H3. The Bertz CT molecular complexity index is 3010. The fourth-order valence-electron chi connectivity index (χ4n) is 9.00. The Kier molecular flexibility index (Phi) is 5.51. The summed E-state index contributed by atoms with van der Waals surface area (Å²) in [5, 5.41) is 12.4. The monoisotopic (exact) mass is 636 g/mol. The van der Waals surface area contributed by atoms with Crippen LogP contribution in [-0.2, 0) is 5.41 Å². The molecule has 1 heterocycles. The van der Waals surface area contributed by atoms with Crippen LogP contribution in [0.5, 0.6) is 0 Å². The second-order valence-corrected chi connectivity index (χ2v) is 14.4. The van der Waals surface area contributed by atoms with E-state index in [1.807, 2.05) is 6.07 Å². The highest BCUT2D eigenvalue weighted by molar-refractivity contribution is 6.22. The van der Waals surface area contributed by atoms with Crippen LogP contribution in [0.1, 0.15) is 25.0 Å². The van der Waals surface area contributed by atoms with Gasteiger partial charge in [-0.1, -0.05) is 135 Å². The Hall–Kier alpha value is -6.18. The first kappa shape index (κ1) is 27.7. The van der Waals surface area contributed by atoms with E-state index in [9.17, 15) is 0 Å². The molecule has 0 radical (unpaired) electrons. The van der Waals surface area contributed by atoms with Gasteiger partial charge < -0.3 is 4.42 Å². The Balaban J connectivity index is 1.16. The molecule has 0 atom stereocenters. The van der Waals surface area contributed by atoms with Crippen LogP contribution >= 0.6 is 0 Å². The number of para-hydroxylation sites is 1. The third-order valence-electron chi connectivity index (χ3n) is 11.4. The predicted molar refractivity (Wildman–Crippen MR) is 212 cm³/mol. The van der Waals surface area contributed by atoms with Gasteiger partial charge in [-0.3, -0.25) is 0 Å². The molecule has 11 rings (SSSR count). The van der Waals surface area contributed by atoms with Crippen LogP contribution in [0.3, 0.4) is 0 Å². The Labute approximate surface area is 290 Å². The van der Waals surface area contributed by atoms with Gasteiger partial charge >= 0.3 is 0 Å². The molecule has 0 bridgehead atoms. The Morgan fingerprint density at radius 3 is 1.66 bits per heavy atom. The molecule has 50 heavy (non-hydrogen) atoms. The molecule has 9 aromatic carbocycles. The predicted octanol–water partition coefficient (Wildman–Crippen LogP) is 13.8. The number of fused-ring (bicyclic) bond motifs is 11. The molecule has 1 aliphatic rings. The van der Waals surface area contributed by atoms with Crippen LogP contribution in [0, 0.1) is 0 Å². The first-order chi connectivity index (χ1) is 24.5. The molecule has 0 saturated carbocycles. The highest BCUT2D eigenvalue weighted by Gasteiger charge is 2.36. The van der Waals surface area contributed by atoms with E-state index in [-0.39, 0.29) is 5.41 Å². The molecule has 0 unspecified atom stereocenters. The highest BCUT2D eigenvalue weighted by Crippen LogP contribution is 2.53. The minimum Gasteiger partial charge on any atom is -0.455 e. The topological polar surface area (TPSA) is 13.1 Å². The van der Waals surface area contributed by atoms with Gasteiger partial charge in [0.05, 0.1) is 0 Å². The van der Waals surface area contributed by atoms with Crippen molar-refractivity contribution >= 4 is 65.0 Å². The van der Waals surface area contributed by atoms with E-state index in [0.717, 1.165) is 11.2 Å². The zero-order valence-corrected chi connectivity index (χ0v) is 27.9. The lowest BCUT2D eigenvalue weighted by atomic mass is 9.81. The summed E-state index contributed by atoms with van der Waals surface area (Å²) in [7, 11) is 0. The van der Waals surface area contributed by atoms with Crippen molar-refractivity contribution in [2.75, 3.05) is 0 Å². The second-order valence-electron chi connectivity index (χ2n) is 14.4. The van der Waals surface area contributed by atoms with E-state index >= 15 is 0 Å². The molecule has 10 aromatic rings. The number of furan rings is 1. The van der Waals surface area contributed by atoms with Gasteiger partial charge in [0, 0.05) is 21.6 Å². The fourth-order valence-corrected chi connectivity index (χ4v) is 9.00. The number of rotatable bonds is 2. The summed E-state index contributed by atoms with van der Waals surface area (Å²) in [6.07, 6.45) is 0. The summed E-state index contributed by atoms with van der Waals surface area (Å²) < 4.78 is 6.49. The maximum absolute atomic E-state index is 6.49. The molecule has 0 amide bonds. The largest absolute Gasteiger partial charge is 0.455 e. The summed E-state index contributed by atoms with van der Waals surface area (Å²) in [5.74, 6) is 0. The molecule has 234 valence electrons. The van der Waals surface area contributed by atoms with E-state index in [2.05, 4.69) is 166 Å². The van der Waals surface area contributed by atoms with Crippen molar-refractivity contribution < 1.29 is 4.42 Å². The van der Waals surface area contributed by atoms with Gasteiger partial charge in [-0.2, -0.15) is 0 Å². The van der Waals surface area contributed by atoms with Crippen molar-refractivity contribution in [3.8, 4) is 33.4 Å². The van der Waals surface area contributed by atoms with Crippen LogP contribution in [-0.4, -0.2) is 0 Å². The molecule has 0 saturated heterocycles. The molecule has 0 aliphatic heterocycles. The van der Waals surface area contributed by atoms with Gasteiger partial charge in [-0.25, -0.2) is 0 Å². The Morgan fingerprint density at radius 2 is 0.940 bits per heavy atom. The molecule has 1 aliphatic carbocycles. The van der Waals surface area contributed by atoms with Crippen LogP contribution < -0.4 is 0 Å². The normalized spacial score (nSPS) is 13.6. The molecule has 0 spiro atoms. The zero-order valence-electron chi connectivity index (χ0n) is 27.9. The molecular formula is C49H32O. The van der Waals surface area contributed by atoms with Crippen molar-refractivity contribution in [2.24, 2.45) is 0 Å². The summed E-state index contributed by atoms with van der Waals surface area (Å²) in [5.41, 5.74) is 12.2. The number of benzene rings is 9. The average molecular weight is 637 g/mol. The average Bonchev–Trinajstić information content (AvgIpc) is 3.64. The van der Waals surface area contributed by atoms with Crippen molar-refractivity contribution in [1.82, 2.24) is 0 Å². The number of hydrogen-bond acceptors (Lipinski definition) is 1. The van der Waals surface area contributed by atoms with Gasteiger partial charge in [-0.15, -0.1) is 0 Å². The first-order valence-electron chi connectivity index (χ1n) is 17.5. The molecule has 1 aromatic heterocycles. The summed E-state index contributed by atoms with van der Waals surface area (Å²) in [4.78, 5) is 0.